The van der Waals surface area contributed by atoms with Gasteiger partial charge in [-0.25, -0.2) is 26.4 Å². The Labute approximate surface area is 158 Å². The molecular formula is C17H20N2O6S2. The zero-order valence-corrected chi connectivity index (χ0v) is 16.3. The van der Waals surface area contributed by atoms with Gasteiger partial charge in [0.1, 0.15) is 5.76 Å². The molecule has 10 heteroatoms. The molecule has 1 fully saturated rings. The zero-order valence-electron chi connectivity index (χ0n) is 14.7. The fourth-order valence-electron chi connectivity index (χ4n) is 2.91. The standard InChI is InChI=1S/C17H20N2O6S2/c1-13-4-6-16(7-5-13)27(23,24)18-17(20)19(11-15-3-2-9-25-15)14-8-10-26(21,22)12-14/h2-7,9,14H,8,10-12H2,1H3,(H,18,20)/t14-/m0/s1. The Morgan fingerprint density at radius 1 is 1.26 bits per heavy atom. The number of nitrogens with one attached hydrogen (secondary N) is 1. The maximum absolute atomic E-state index is 12.7. The van der Waals surface area contributed by atoms with Crippen molar-refractivity contribution in [2.75, 3.05) is 11.5 Å². The number of rotatable bonds is 5. The summed E-state index contributed by atoms with van der Waals surface area (Å²) in [5, 5.41) is 0. The number of hydrogen-bond acceptors (Lipinski definition) is 6. The molecular weight excluding hydrogens is 392 g/mol. The highest BCUT2D eigenvalue weighted by molar-refractivity contribution is 7.91. The molecule has 2 amide bonds. The topological polar surface area (TPSA) is 114 Å². The minimum Gasteiger partial charge on any atom is -0.467 e. The van der Waals surface area contributed by atoms with Crippen molar-refractivity contribution < 1.29 is 26.0 Å². The highest BCUT2D eigenvalue weighted by Gasteiger charge is 2.36. The number of carbonyl (C=O) groups is 1. The first-order valence-corrected chi connectivity index (χ1v) is 11.6. The maximum atomic E-state index is 12.7. The molecule has 0 spiro atoms. The summed E-state index contributed by atoms with van der Waals surface area (Å²) in [6.07, 6.45) is 1.68. The van der Waals surface area contributed by atoms with E-state index in [1.807, 2.05) is 11.6 Å². The molecule has 1 atom stereocenters. The van der Waals surface area contributed by atoms with Crippen LogP contribution >= 0.6 is 0 Å². The van der Waals surface area contributed by atoms with Crippen molar-refractivity contribution in [1.82, 2.24) is 9.62 Å². The van der Waals surface area contributed by atoms with E-state index >= 15 is 0 Å². The van der Waals surface area contributed by atoms with Gasteiger partial charge in [0, 0.05) is 6.04 Å². The van der Waals surface area contributed by atoms with Crippen LogP contribution in [-0.2, 0) is 26.4 Å². The van der Waals surface area contributed by atoms with E-state index in [-0.39, 0.29) is 29.4 Å². The van der Waals surface area contributed by atoms with Crippen molar-refractivity contribution >= 4 is 25.9 Å². The Morgan fingerprint density at radius 2 is 1.96 bits per heavy atom. The number of benzene rings is 1. The van der Waals surface area contributed by atoms with Gasteiger partial charge in [-0.1, -0.05) is 17.7 Å². The van der Waals surface area contributed by atoms with Crippen molar-refractivity contribution in [3.05, 3.63) is 54.0 Å². The lowest BCUT2D eigenvalue weighted by atomic mass is 10.2. The molecule has 1 aliphatic heterocycles. The third-order valence-electron chi connectivity index (χ3n) is 4.37. The van der Waals surface area contributed by atoms with Crippen LogP contribution in [0.25, 0.3) is 0 Å². The molecule has 0 saturated carbocycles. The molecule has 3 rings (SSSR count). The molecule has 0 radical (unpaired) electrons. The van der Waals surface area contributed by atoms with Crippen LogP contribution in [0, 0.1) is 6.92 Å². The highest BCUT2D eigenvalue weighted by atomic mass is 32.2. The van der Waals surface area contributed by atoms with Crippen molar-refractivity contribution in [1.29, 1.82) is 0 Å². The Kier molecular flexibility index (Phi) is 5.29. The lowest BCUT2D eigenvalue weighted by Crippen LogP contribution is -2.48. The molecule has 0 bridgehead atoms. The molecule has 1 N–H and O–H groups in total. The molecule has 8 nitrogen and oxygen atoms in total. The molecule has 0 unspecified atom stereocenters. The van der Waals surface area contributed by atoms with Gasteiger partial charge in [-0.3, -0.25) is 0 Å². The Bertz CT molecular complexity index is 1010. The molecule has 1 aromatic carbocycles. The number of carbonyl (C=O) groups excluding carboxylic acids is 1. The number of sulfonamides is 1. The number of furan rings is 1. The van der Waals surface area contributed by atoms with E-state index < -0.39 is 31.9 Å². The summed E-state index contributed by atoms with van der Waals surface area (Å²) in [6, 6.07) is 7.84. The number of sulfone groups is 1. The molecule has 1 aromatic heterocycles. The van der Waals surface area contributed by atoms with Crippen LogP contribution in [0.3, 0.4) is 0 Å². The van der Waals surface area contributed by atoms with E-state index in [0.717, 1.165) is 5.56 Å². The number of hydrogen-bond donors (Lipinski definition) is 1. The summed E-state index contributed by atoms with van der Waals surface area (Å²) in [5.74, 6) is 0.193. The van der Waals surface area contributed by atoms with Gasteiger partial charge in [0.2, 0.25) is 0 Å². The van der Waals surface area contributed by atoms with Crippen molar-refractivity contribution in [2.45, 2.75) is 30.8 Å². The third kappa shape index (κ3) is 4.69. The Morgan fingerprint density at radius 3 is 2.52 bits per heavy atom. The predicted octanol–water partition coefficient (Wildman–Crippen LogP) is 1.68. The lowest BCUT2D eigenvalue weighted by molar-refractivity contribution is 0.176. The van der Waals surface area contributed by atoms with E-state index in [2.05, 4.69) is 0 Å². The van der Waals surface area contributed by atoms with Gasteiger partial charge < -0.3 is 9.32 Å². The van der Waals surface area contributed by atoms with E-state index in [1.165, 1.54) is 23.3 Å². The van der Waals surface area contributed by atoms with Gasteiger partial charge in [0.15, 0.2) is 9.84 Å². The lowest BCUT2D eigenvalue weighted by Gasteiger charge is -2.27. The summed E-state index contributed by atoms with van der Waals surface area (Å²) >= 11 is 0. The fourth-order valence-corrected chi connectivity index (χ4v) is 5.60. The zero-order chi connectivity index (χ0) is 19.7. The maximum Gasteiger partial charge on any atom is 0.331 e. The third-order valence-corrected chi connectivity index (χ3v) is 7.46. The summed E-state index contributed by atoms with van der Waals surface area (Å²) in [4.78, 5) is 13.9. The van der Waals surface area contributed by atoms with E-state index in [0.29, 0.717) is 5.76 Å². The molecule has 2 heterocycles. The van der Waals surface area contributed by atoms with Crippen LogP contribution in [-0.4, -0.2) is 45.3 Å². The molecule has 1 aliphatic rings. The average molecular weight is 412 g/mol. The summed E-state index contributed by atoms with van der Waals surface area (Å²) < 4.78 is 55.9. The first-order valence-electron chi connectivity index (χ1n) is 8.29. The van der Waals surface area contributed by atoms with E-state index in [4.69, 9.17) is 4.42 Å². The highest BCUT2D eigenvalue weighted by Crippen LogP contribution is 2.21. The normalized spacial score (nSPS) is 18.9. The predicted molar refractivity (Wildman–Crippen MR) is 98.2 cm³/mol. The number of aryl methyl sites for hydroxylation is 1. The summed E-state index contributed by atoms with van der Waals surface area (Å²) in [5.41, 5.74) is 0.885. The average Bonchev–Trinajstić information content (AvgIpc) is 3.21. The summed E-state index contributed by atoms with van der Waals surface area (Å²) in [6.45, 7) is 1.79. The van der Waals surface area contributed by atoms with Crippen LogP contribution in [0.4, 0.5) is 4.79 Å². The molecule has 27 heavy (non-hydrogen) atoms. The van der Waals surface area contributed by atoms with Crippen LogP contribution in [0.5, 0.6) is 0 Å². The Hall–Kier alpha value is -2.33. The van der Waals surface area contributed by atoms with Crippen LogP contribution < -0.4 is 4.72 Å². The largest absolute Gasteiger partial charge is 0.467 e. The fraction of sp³-hybridized carbons (Fsp3) is 0.353. The second kappa shape index (κ2) is 7.35. The van der Waals surface area contributed by atoms with Gasteiger partial charge in [-0.2, -0.15) is 0 Å². The van der Waals surface area contributed by atoms with E-state index in [1.54, 1.807) is 24.3 Å². The SMILES string of the molecule is Cc1ccc(S(=O)(=O)NC(=O)N(Cc2ccco2)[C@H]2CCS(=O)(=O)C2)cc1. The minimum absolute atomic E-state index is 0.0254. The first-order chi connectivity index (χ1) is 12.7. The second-order valence-corrected chi connectivity index (χ2v) is 10.4. The quantitative estimate of drug-likeness (QED) is 0.799. The van der Waals surface area contributed by atoms with Gasteiger partial charge in [0.25, 0.3) is 10.0 Å². The van der Waals surface area contributed by atoms with Crippen LogP contribution in [0.15, 0.2) is 52.0 Å². The molecule has 0 aliphatic carbocycles. The van der Waals surface area contributed by atoms with Gasteiger partial charge in [-0.05, 0) is 37.6 Å². The van der Waals surface area contributed by atoms with Crippen molar-refractivity contribution in [3.63, 3.8) is 0 Å². The Balaban J connectivity index is 1.83. The monoisotopic (exact) mass is 412 g/mol. The van der Waals surface area contributed by atoms with Crippen LogP contribution in [0.2, 0.25) is 0 Å². The molecule has 146 valence electrons. The van der Waals surface area contributed by atoms with Gasteiger partial charge >= 0.3 is 6.03 Å². The second-order valence-electron chi connectivity index (χ2n) is 6.49. The number of nitrogens with zero attached hydrogens (tertiary/aromatic N) is 1. The smallest absolute Gasteiger partial charge is 0.331 e. The minimum atomic E-state index is -4.08. The number of amides is 2. The number of urea groups is 1. The first kappa shape index (κ1) is 19.4. The van der Waals surface area contributed by atoms with Gasteiger partial charge in [-0.15, -0.1) is 0 Å². The molecule has 1 saturated heterocycles. The van der Waals surface area contributed by atoms with Gasteiger partial charge in [0.05, 0.1) is 29.2 Å². The molecule has 2 aromatic rings. The van der Waals surface area contributed by atoms with Crippen molar-refractivity contribution in [3.8, 4) is 0 Å². The van der Waals surface area contributed by atoms with E-state index in [9.17, 15) is 21.6 Å². The van der Waals surface area contributed by atoms with Crippen molar-refractivity contribution in [2.24, 2.45) is 0 Å². The van der Waals surface area contributed by atoms with Crippen LogP contribution in [0.1, 0.15) is 17.7 Å². The summed E-state index contributed by atoms with van der Waals surface area (Å²) in [7, 11) is -7.34.